The van der Waals surface area contributed by atoms with Crippen LogP contribution in [0.25, 0.3) is 11.0 Å². The molecule has 0 saturated carbocycles. The average molecular weight is 328 g/mol. The summed E-state index contributed by atoms with van der Waals surface area (Å²) in [5, 5.41) is 9.83. The molecular weight excluding hydrogens is 314 g/mol. The summed E-state index contributed by atoms with van der Waals surface area (Å²) < 4.78 is 1.71. The molecule has 1 aromatic carbocycles. The molecule has 6 nitrogen and oxygen atoms in total. The van der Waals surface area contributed by atoms with Crippen LogP contribution in [-0.4, -0.2) is 51.3 Å². The molecule has 0 unspecified atom stereocenters. The number of carboxylic acids is 1. The number of nitrogens with zero attached hydrogens (tertiary/aromatic N) is 3. The lowest BCUT2D eigenvalue weighted by atomic mass is 10.3. The van der Waals surface area contributed by atoms with E-state index >= 15 is 0 Å². The first-order valence-corrected chi connectivity index (χ1v) is 7.45. The van der Waals surface area contributed by atoms with Crippen LogP contribution >= 0.6 is 23.4 Å². The minimum absolute atomic E-state index is 0.0959. The van der Waals surface area contributed by atoms with E-state index in [0.29, 0.717) is 15.7 Å². The largest absolute Gasteiger partial charge is 0.481 e. The van der Waals surface area contributed by atoms with Crippen molar-refractivity contribution in [3.05, 3.63) is 23.2 Å². The van der Waals surface area contributed by atoms with Gasteiger partial charge >= 0.3 is 5.97 Å². The molecule has 0 fully saturated rings. The summed E-state index contributed by atoms with van der Waals surface area (Å²) in [4.78, 5) is 28.5. The molecular formula is C13H14ClN3O3S. The van der Waals surface area contributed by atoms with Crippen molar-refractivity contribution in [2.45, 2.75) is 11.7 Å². The maximum atomic E-state index is 11.9. The molecule has 0 bridgehead atoms. The zero-order valence-corrected chi connectivity index (χ0v) is 13.1. The highest BCUT2D eigenvalue weighted by molar-refractivity contribution is 7.99. The first kappa shape index (κ1) is 15.7. The van der Waals surface area contributed by atoms with Gasteiger partial charge in [0.25, 0.3) is 0 Å². The maximum absolute atomic E-state index is 11.9. The van der Waals surface area contributed by atoms with Gasteiger partial charge in [0.1, 0.15) is 6.54 Å². The molecule has 2 rings (SSSR count). The Morgan fingerprint density at radius 1 is 1.43 bits per heavy atom. The molecule has 0 radical (unpaired) electrons. The molecule has 0 aliphatic rings. The van der Waals surface area contributed by atoms with Crippen LogP contribution in [0.2, 0.25) is 5.02 Å². The fourth-order valence-electron chi connectivity index (χ4n) is 1.75. The number of likely N-dealkylation sites (N-methyl/N-ethyl adjacent to an activating group) is 1. The van der Waals surface area contributed by atoms with Gasteiger partial charge in [0, 0.05) is 19.1 Å². The summed E-state index contributed by atoms with van der Waals surface area (Å²) in [5.74, 6) is -1.15. The van der Waals surface area contributed by atoms with E-state index < -0.39 is 5.97 Å². The van der Waals surface area contributed by atoms with Gasteiger partial charge in [-0.2, -0.15) is 0 Å². The van der Waals surface area contributed by atoms with Crippen molar-refractivity contribution < 1.29 is 14.7 Å². The number of carboxylic acid groups (broad SMARTS) is 1. The molecule has 0 aliphatic carbocycles. The second kappa shape index (κ2) is 6.36. The number of hydrogen-bond acceptors (Lipinski definition) is 4. The number of aliphatic carboxylic acids is 1. The van der Waals surface area contributed by atoms with Gasteiger partial charge in [0.15, 0.2) is 5.16 Å². The normalized spacial score (nSPS) is 10.8. The van der Waals surface area contributed by atoms with Gasteiger partial charge in [-0.05, 0) is 18.2 Å². The van der Waals surface area contributed by atoms with Gasteiger partial charge in [-0.3, -0.25) is 9.59 Å². The topological polar surface area (TPSA) is 75.4 Å². The highest BCUT2D eigenvalue weighted by atomic mass is 35.5. The molecule has 0 saturated heterocycles. The van der Waals surface area contributed by atoms with Crippen molar-refractivity contribution in [1.82, 2.24) is 14.5 Å². The summed E-state index contributed by atoms with van der Waals surface area (Å²) in [7, 11) is 3.34. The van der Waals surface area contributed by atoms with Crippen LogP contribution in [0.4, 0.5) is 0 Å². The number of halogens is 1. The van der Waals surface area contributed by atoms with Gasteiger partial charge in [-0.25, -0.2) is 4.98 Å². The van der Waals surface area contributed by atoms with Crippen LogP contribution in [0.1, 0.15) is 0 Å². The Morgan fingerprint density at radius 2 is 2.14 bits per heavy atom. The smallest absolute Gasteiger partial charge is 0.313 e. The van der Waals surface area contributed by atoms with Crippen molar-refractivity contribution in [3.63, 3.8) is 0 Å². The van der Waals surface area contributed by atoms with E-state index in [9.17, 15) is 9.59 Å². The van der Waals surface area contributed by atoms with Crippen molar-refractivity contribution in [3.8, 4) is 0 Å². The fourth-order valence-corrected chi connectivity index (χ4v) is 2.65. The monoisotopic (exact) mass is 327 g/mol. The molecule has 0 spiro atoms. The molecule has 1 aromatic heterocycles. The highest BCUT2D eigenvalue weighted by Gasteiger charge is 2.16. The number of amides is 1. The lowest BCUT2D eigenvalue weighted by molar-refractivity contribution is -0.134. The summed E-state index contributed by atoms with van der Waals surface area (Å²) in [6.45, 7) is 0.104. The molecule has 8 heteroatoms. The quantitative estimate of drug-likeness (QED) is 0.850. The predicted molar refractivity (Wildman–Crippen MR) is 81.8 cm³/mol. The number of carbonyl (C=O) groups is 2. The number of carbonyl (C=O) groups excluding carboxylic acids is 1. The summed E-state index contributed by atoms with van der Waals surface area (Å²) in [6.07, 6.45) is 0. The van der Waals surface area contributed by atoms with E-state index in [1.54, 1.807) is 36.9 Å². The number of fused-ring (bicyclic) bond motifs is 1. The number of benzene rings is 1. The first-order valence-electron chi connectivity index (χ1n) is 6.09. The summed E-state index contributed by atoms with van der Waals surface area (Å²) in [5.41, 5.74) is 1.39. The minimum atomic E-state index is -0.935. The number of thioether (sulfide) groups is 1. The second-order valence-corrected chi connectivity index (χ2v) is 5.96. The Bertz CT molecular complexity index is 699. The molecule has 1 heterocycles. The number of aromatic nitrogens is 2. The Labute approximate surface area is 130 Å². The Hall–Kier alpha value is -1.73. The molecule has 1 N–H and O–H groups in total. The SMILES string of the molecule is CN(C)C(=O)Cn1c(SCC(=O)O)nc2cc(Cl)ccc21. The molecule has 2 aromatic rings. The van der Waals surface area contributed by atoms with Crippen molar-refractivity contribution in [2.75, 3.05) is 19.8 Å². The van der Waals surface area contributed by atoms with Crippen molar-refractivity contribution in [1.29, 1.82) is 0 Å². The summed E-state index contributed by atoms with van der Waals surface area (Å²) in [6, 6.07) is 5.19. The van der Waals surface area contributed by atoms with E-state index in [0.717, 1.165) is 17.3 Å². The van der Waals surface area contributed by atoms with Crippen LogP contribution in [0.15, 0.2) is 23.4 Å². The van der Waals surface area contributed by atoms with Crippen LogP contribution in [0, 0.1) is 0 Å². The van der Waals surface area contributed by atoms with Crippen LogP contribution in [0.5, 0.6) is 0 Å². The van der Waals surface area contributed by atoms with E-state index in [4.69, 9.17) is 16.7 Å². The summed E-state index contributed by atoms with van der Waals surface area (Å²) >= 11 is 7.02. The Kier molecular flexibility index (Phi) is 4.74. The van der Waals surface area contributed by atoms with E-state index in [1.807, 2.05) is 0 Å². The second-order valence-electron chi connectivity index (χ2n) is 4.58. The van der Waals surface area contributed by atoms with E-state index in [2.05, 4.69) is 4.98 Å². The highest BCUT2D eigenvalue weighted by Crippen LogP contribution is 2.26. The number of rotatable bonds is 5. The number of imidazole rings is 1. The lowest BCUT2D eigenvalue weighted by Crippen LogP contribution is -2.26. The third kappa shape index (κ3) is 3.68. The van der Waals surface area contributed by atoms with Gasteiger partial charge < -0.3 is 14.6 Å². The standard InChI is InChI=1S/C13H14ClN3O3S/c1-16(2)11(18)6-17-10-4-3-8(14)5-9(10)15-13(17)21-7-12(19)20/h3-5H,6-7H2,1-2H3,(H,19,20). The average Bonchev–Trinajstić information content (AvgIpc) is 2.73. The fraction of sp³-hybridized carbons (Fsp3) is 0.308. The Morgan fingerprint density at radius 3 is 2.76 bits per heavy atom. The third-order valence-corrected chi connectivity index (χ3v) is 3.99. The molecule has 21 heavy (non-hydrogen) atoms. The molecule has 0 aliphatic heterocycles. The zero-order valence-electron chi connectivity index (χ0n) is 11.5. The minimum Gasteiger partial charge on any atom is -0.481 e. The van der Waals surface area contributed by atoms with Gasteiger partial charge in [0.05, 0.1) is 16.8 Å². The molecule has 112 valence electrons. The predicted octanol–water partition coefficient (Wildman–Crippen LogP) is 1.95. The van der Waals surface area contributed by atoms with E-state index in [1.165, 1.54) is 4.90 Å². The van der Waals surface area contributed by atoms with Crippen molar-refractivity contribution >= 4 is 46.3 Å². The first-order chi connectivity index (χ1) is 9.88. The zero-order chi connectivity index (χ0) is 15.6. The lowest BCUT2D eigenvalue weighted by Gasteiger charge is -2.13. The number of hydrogen-bond donors (Lipinski definition) is 1. The van der Waals surface area contributed by atoms with Crippen LogP contribution in [0.3, 0.4) is 0 Å². The van der Waals surface area contributed by atoms with Crippen LogP contribution < -0.4 is 0 Å². The van der Waals surface area contributed by atoms with Crippen LogP contribution in [-0.2, 0) is 16.1 Å². The molecule has 0 atom stereocenters. The maximum Gasteiger partial charge on any atom is 0.313 e. The Balaban J connectivity index is 2.44. The molecule has 1 amide bonds. The van der Waals surface area contributed by atoms with Gasteiger partial charge in [-0.1, -0.05) is 23.4 Å². The third-order valence-electron chi connectivity index (χ3n) is 2.79. The van der Waals surface area contributed by atoms with Gasteiger partial charge in [0.2, 0.25) is 5.91 Å². The van der Waals surface area contributed by atoms with Crippen molar-refractivity contribution in [2.24, 2.45) is 0 Å². The van der Waals surface area contributed by atoms with Gasteiger partial charge in [-0.15, -0.1) is 0 Å². The van der Waals surface area contributed by atoms with E-state index in [-0.39, 0.29) is 18.2 Å².